The van der Waals surface area contributed by atoms with Gasteiger partial charge in [-0.1, -0.05) is 25.5 Å². The number of hydrogen-bond donors (Lipinski definition) is 0. The molecule has 2 heterocycles. The predicted octanol–water partition coefficient (Wildman–Crippen LogP) is 3.56. The van der Waals surface area contributed by atoms with Gasteiger partial charge < -0.3 is 28.4 Å². The number of ketones is 1. The average molecular weight is 449 g/mol. The van der Waals surface area contributed by atoms with E-state index in [1.54, 1.807) is 7.11 Å². The van der Waals surface area contributed by atoms with Gasteiger partial charge in [-0.3, -0.25) is 4.79 Å². The first-order valence-corrected chi connectivity index (χ1v) is 12.2. The number of rotatable bonds is 3. The van der Waals surface area contributed by atoms with Crippen molar-refractivity contribution < 1.29 is 33.2 Å². The highest BCUT2D eigenvalue weighted by Gasteiger charge is 2.76. The molecule has 6 rings (SSSR count). The molecular weight excluding hydrogens is 412 g/mol. The average Bonchev–Trinajstić information content (AvgIpc) is 3.47. The number of allylic oxidation sites excluding steroid dienone is 2. The van der Waals surface area contributed by atoms with Gasteiger partial charge in [0.15, 0.2) is 13.6 Å². The number of Topliss-reactive ketones (excluding diaryl/α,β-unsaturated/α-hetero) is 1. The molecule has 0 aromatic heterocycles. The molecule has 2 aliphatic heterocycles. The molecule has 2 saturated heterocycles. The molecule has 5 fully saturated rings. The Kier molecular flexibility index (Phi) is 4.97. The number of carbonyl (C=O) groups excluding carboxylic acids is 1. The summed E-state index contributed by atoms with van der Waals surface area (Å²) < 4.78 is 36.3. The topological polar surface area (TPSA) is 72.5 Å². The monoisotopic (exact) mass is 448 g/mol. The summed E-state index contributed by atoms with van der Waals surface area (Å²) >= 11 is 0. The highest BCUT2D eigenvalue weighted by Crippen LogP contribution is 2.71. The standard InChI is InChI=1S/C25H36O7/c1-22-8-6-17(26)10-16(22)4-5-18-19-7-9-24(25(32-15-30-24)12-28-14-31-25)23(19,2)11-20(21(18)22)29-13-27-3/h4,18-21H,5-15H2,1-3H3/t18-,19-,20-,21+,22-,23-,24+,25?/m0/s1. The second kappa shape index (κ2) is 7.33. The van der Waals surface area contributed by atoms with Gasteiger partial charge in [0.1, 0.15) is 24.8 Å². The summed E-state index contributed by atoms with van der Waals surface area (Å²) in [5, 5.41) is 0. The molecule has 4 aliphatic carbocycles. The highest BCUT2D eigenvalue weighted by molar-refractivity contribution is 5.82. The van der Waals surface area contributed by atoms with E-state index in [9.17, 15) is 4.79 Å². The predicted molar refractivity (Wildman–Crippen MR) is 113 cm³/mol. The fraction of sp³-hybridized carbons (Fsp3) is 0.880. The lowest BCUT2D eigenvalue weighted by Gasteiger charge is -2.61. The minimum atomic E-state index is -0.827. The molecule has 7 nitrogen and oxygen atoms in total. The van der Waals surface area contributed by atoms with Crippen LogP contribution in [-0.4, -0.2) is 57.4 Å². The summed E-state index contributed by atoms with van der Waals surface area (Å²) in [4.78, 5) is 12.3. The minimum Gasteiger partial charge on any atom is -0.359 e. The third kappa shape index (κ3) is 2.61. The number of ether oxygens (including phenoxy) is 6. The van der Waals surface area contributed by atoms with E-state index < -0.39 is 11.4 Å². The molecule has 1 unspecified atom stereocenters. The molecule has 0 bridgehead atoms. The van der Waals surface area contributed by atoms with E-state index >= 15 is 0 Å². The molecule has 178 valence electrons. The van der Waals surface area contributed by atoms with Crippen LogP contribution in [0.2, 0.25) is 0 Å². The number of fused-ring (bicyclic) bond motifs is 7. The first-order valence-electron chi connectivity index (χ1n) is 12.2. The van der Waals surface area contributed by atoms with Crippen LogP contribution in [0, 0.1) is 28.6 Å². The van der Waals surface area contributed by atoms with Crippen molar-refractivity contribution in [1.29, 1.82) is 0 Å². The lowest BCUT2D eigenvalue weighted by Crippen LogP contribution is -2.66. The summed E-state index contributed by atoms with van der Waals surface area (Å²) in [5.74, 6) is 0.869. The van der Waals surface area contributed by atoms with Crippen LogP contribution in [0.3, 0.4) is 0 Å². The van der Waals surface area contributed by atoms with Gasteiger partial charge >= 0.3 is 0 Å². The van der Waals surface area contributed by atoms with Crippen molar-refractivity contribution in [1.82, 2.24) is 0 Å². The van der Waals surface area contributed by atoms with Gasteiger partial charge in [0.2, 0.25) is 5.79 Å². The Morgan fingerprint density at radius 2 is 2.00 bits per heavy atom. The van der Waals surface area contributed by atoms with Crippen molar-refractivity contribution in [3.8, 4) is 0 Å². The minimum absolute atomic E-state index is 0.00398. The molecular formula is C25H36O7. The van der Waals surface area contributed by atoms with Gasteiger partial charge in [0, 0.05) is 25.4 Å². The SMILES string of the molecule is COCO[C@H]1C[C@@]2(C)[C@@H](CC[C@@]23OCOC32COCO2)[C@@H]2CC=C3CC(=O)CC[C@]3(C)[C@H]21. The van der Waals surface area contributed by atoms with Crippen LogP contribution in [0.4, 0.5) is 0 Å². The Labute approximate surface area is 190 Å². The van der Waals surface area contributed by atoms with E-state index in [1.807, 2.05) is 0 Å². The van der Waals surface area contributed by atoms with Crippen LogP contribution >= 0.6 is 0 Å². The van der Waals surface area contributed by atoms with E-state index in [2.05, 4.69) is 19.9 Å². The summed E-state index contributed by atoms with van der Waals surface area (Å²) in [6, 6.07) is 0. The molecule has 8 atom stereocenters. The molecule has 32 heavy (non-hydrogen) atoms. The van der Waals surface area contributed by atoms with E-state index in [1.165, 1.54) is 5.57 Å². The van der Waals surface area contributed by atoms with Crippen molar-refractivity contribution in [3.63, 3.8) is 0 Å². The zero-order chi connectivity index (χ0) is 22.2. The summed E-state index contributed by atoms with van der Waals surface area (Å²) in [5.41, 5.74) is 0.642. The second-order valence-corrected chi connectivity index (χ2v) is 11.3. The normalized spacial score (nSPS) is 52.2. The largest absolute Gasteiger partial charge is 0.359 e. The van der Waals surface area contributed by atoms with Crippen LogP contribution in [0.5, 0.6) is 0 Å². The van der Waals surface area contributed by atoms with E-state index in [-0.39, 0.29) is 37.3 Å². The maximum atomic E-state index is 12.3. The van der Waals surface area contributed by atoms with Gasteiger partial charge in [0.05, 0.1) is 6.10 Å². The van der Waals surface area contributed by atoms with Gasteiger partial charge in [-0.05, 0) is 55.3 Å². The molecule has 7 heteroatoms. The Balaban J connectivity index is 1.42. The van der Waals surface area contributed by atoms with Gasteiger partial charge in [-0.2, -0.15) is 0 Å². The molecule has 0 aromatic carbocycles. The maximum absolute atomic E-state index is 12.3. The third-order valence-electron chi connectivity index (χ3n) is 10.2. The van der Waals surface area contributed by atoms with Gasteiger partial charge in [-0.15, -0.1) is 0 Å². The van der Waals surface area contributed by atoms with Crippen molar-refractivity contribution in [2.45, 2.75) is 76.3 Å². The second-order valence-electron chi connectivity index (χ2n) is 11.3. The molecule has 0 amide bonds. The van der Waals surface area contributed by atoms with Gasteiger partial charge in [0.25, 0.3) is 0 Å². The lowest BCUT2D eigenvalue weighted by molar-refractivity contribution is -0.263. The molecule has 0 aromatic rings. The fourth-order valence-corrected chi connectivity index (χ4v) is 8.86. The van der Waals surface area contributed by atoms with Gasteiger partial charge in [-0.25, -0.2) is 0 Å². The Morgan fingerprint density at radius 1 is 1.16 bits per heavy atom. The van der Waals surface area contributed by atoms with Crippen LogP contribution in [0.25, 0.3) is 0 Å². The Morgan fingerprint density at radius 3 is 2.78 bits per heavy atom. The van der Waals surface area contributed by atoms with Crippen molar-refractivity contribution in [2.24, 2.45) is 28.6 Å². The van der Waals surface area contributed by atoms with Crippen molar-refractivity contribution in [3.05, 3.63) is 11.6 Å². The van der Waals surface area contributed by atoms with E-state index in [4.69, 9.17) is 28.4 Å². The van der Waals surface area contributed by atoms with Crippen molar-refractivity contribution in [2.75, 3.05) is 34.1 Å². The Hall–Kier alpha value is -0.830. The number of hydrogen-bond acceptors (Lipinski definition) is 7. The smallest absolute Gasteiger partial charge is 0.226 e. The maximum Gasteiger partial charge on any atom is 0.226 e. The highest BCUT2D eigenvalue weighted by atomic mass is 16.9. The van der Waals surface area contributed by atoms with Crippen LogP contribution in [0.1, 0.15) is 58.8 Å². The number of carbonyl (C=O) groups is 1. The Bertz CT molecular complexity index is 814. The molecule has 0 radical (unpaired) electrons. The quantitative estimate of drug-likeness (QED) is 0.483. The first kappa shape index (κ1) is 21.7. The van der Waals surface area contributed by atoms with E-state index in [0.717, 1.165) is 32.1 Å². The zero-order valence-electron chi connectivity index (χ0n) is 19.5. The van der Waals surface area contributed by atoms with Crippen molar-refractivity contribution >= 4 is 5.78 Å². The van der Waals surface area contributed by atoms with E-state index in [0.29, 0.717) is 43.0 Å². The van der Waals surface area contributed by atoms with Crippen LogP contribution in [-0.2, 0) is 33.2 Å². The summed E-state index contributed by atoms with van der Waals surface area (Å²) in [6.45, 7) is 5.93. The van der Waals surface area contributed by atoms with Crippen LogP contribution < -0.4 is 0 Å². The summed E-state index contributed by atoms with van der Waals surface area (Å²) in [6.07, 6.45) is 8.47. The third-order valence-corrected chi connectivity index (χ3v) is 10.2. The van der Waals surface area contributed by atoms with Crippen LogP contribution in [0.15, 0.2) is 11.6 Å². The lowest BCUT2D eigenvalue weighted by atomic mass is 9.45. The zero-order valence-corrected chi connectivity index (χ0v) is 19.5. The number of methoxy groups -OCH3 is 1. The molecule has 0 N–H and O–H groups in total. The first-order chi connectivity index (χ1) is 15.4. The molecule has 2 spiro atoms. The summed E-state index contributed by atoms with van der Waals surface area (Å²) in [7, 11) is 1.68. The fourth-order valence-electron chi connectivity index (χ4n) is 8.86. The molecule has 6 aliphatic rings. The molecule has 3 saturated carbocycles.